The van der Waals surface area contributed by atoms with Crippen molar-refractivity contribution in [1.29, 1.82) is 0 Å². The molecule has 1 aliphatic rings. The molecule has 9 heteroatoms. The normalized spacial score (nSPS) is 14.4. The van der Waals surface area contributed by atoms with E-state index in [4.69, 9.17) is 16.3 Å². The van der Waals surface area contributed by atoms with Gasteiger partial charge in [0.05, 0.1) is 16.4 Å². The number of carbonyl (C=O) groups excluding carboxylic acids is 3. The molecule has 0 unspecified atom stereocenters. The number of hydrogen-bond acceptors (Lipinski definition) is 4. The fourth-order valence-electron chi connectivity index (χ4n) is 3.10. The van der Waals surface area contributed by atoms with E-state index in [-0.39, 0.29) is 28.6 Å². The monoisotopic (exact) mass is 465 g/mol. The van der Waals surface area contributed by atoms with Crippen LogP contribution in [0.25, 0.3) is 6.08 Å². The lowest BCUT2D eigenvalue weighted by molar-refractivity contribution is -0.118. The molecule has 3 amide bonds. The fraction of sp³-hybridized carbons (Fsp3) is 0.0417. The smallest absolute Gasteiger partial charge is 0.282 e. The summed E-state index contributed by atoms with van der Waals surface area (Å²) in [5.74, 6) is -1.93. The number of para-hydroxylation sites is 2. The molecule has 0 bridgehead atoms. The third-order valence-electron chi connectivity index (χ3n) is 4.68. The van der Waals surface area contributed by atoms with Gasteiger partial charge in [0.2, 0.25) is 0 Å². The summed E-state index contributed by atoms with van der Waals surface area (Å²) in [5.41, 5.74) is 3.55. The van der Waals surface area contributed by atoms with Crippen LogP contribution >= 0.6 is 11.6 Å². The van der Waals surface area contributed by atoms with Crippen LogP contribution < -0.4 is 20.5 Å². The van der Waals surface area contributed by atoms with Gasteiger partial charge in [-0.05, 0) is 48.0 Å². The molecule has 3 aromatic rings. The molecule has 3 aromatic carbocycles. The van der Waals surface area contributed by atoms with Crippen LogP contribution in [0.15, 0.2) is 78.4 Å². The number of nitrogens with zero attached hydrogens (tertiary/aromatic N) is 1. The van der Waals surface area contributed by atoms with Crippen molar-refractivity contribution in [2.45, 2.75) is 0 Å². The predicted molar refractivity (Wildman–Crippen MR) is 122 cm³/mol. The number of amides is 3. The van der Waals surface area contributed by atoms with Crippen molar-refractivity contribution < 1.29 is 23.5 Å². The highest BCUT2D eigenvalue weighted by atomic mass is 35.5. The van der Waals surface area contributed by atoms with Gasteiger partial charge in [0.1, 0.15) is 17.1 Å². The summed E-state index contributed by atoms with van der Waals surface area (Å²) in [6, 6.07) is 19.1. The summed E-state index contributed by atoms with van der Waals surface area (Å²) in [6.45, 7) is -0.387. The zero-order valence-corrected chi connectivity index (χ0v) is 17.8. The first-order valence-corrected chi connectivity index (χ1v) is 10.2. The zero-order valence-electron chi connectivity index (χ0n) is 17.0. The van der Waals surface area contributed by atoms with Gasteiger partial charge in [-0.15, -0.1) is 0 Å². The van der Waals surface area contributed by atoms with E-state index in [0.717, 1.165) is 0 Å². The second-order valence-corrected chi connectivity index (χ2v) is 7.39. The van der Waals surface area contributed by atoms with Crippen LogP contribution in [0.3, 0.4) is 0 Å². The third-order valence-corrected chi connectivity index (χ3v) is 4.97. The lowest BCUT2D eigenvalue weighted by Crippen LogP contribution is -2.35. The Kier molecular flexibility index (Phi) is 6.37. The number of nitrogens with one attached hydrogen (secondary N) is 2. The molecule has 4 rings (SSSR count). The highest BCUT2D eigenvalue weighted by molar-refractivity contribution is 6.33. The Hall–Kier alpha value is -4.17. The molecule has 0 aromatic heterocycles. The Labute approximate surface area is 193 Å². The van der Waals surface area contributed by atoms with Crippen LogP contribution in [0.5, 0.6) is 5.75 Å². The molecule has 0 atom stereocenters. The summed E-state index contributed by atoms with van der Waals surface area (Å²) in [7, 11) is 0. The quantitative estimate of drug-likeness (QED) is 0.426. The van der Waals surface area contributed by atoms with E-state index < -0.39 is 23.5 Å². The first kappa shape index (κ1) is 22.0. The first-order chi connectivity index (χ1) is 15.9. The number of hydrazine groups is 1. The van der Waals surface area contributed by atoms with Gasteiger partial charge < -0.3 is 10.1 Å². The largest absolute Gasteiger partial charge is 0.482 e. The summed E-state index contributed by atoms with van der Waals surface area (Å²) in [6.07, 6.45) is 1.42. The Morgan fingerprint density at radius 1 is 1.06 bits per heavy atom. The second-order valence-electron chi connectivity index (χ2n) is 6.98. The van der Waals surface area contributed by atoms with E-state index in [0.29, 0.717) is 11.3 Å². The van der Waals surface area contributed by atoms with Crippen molar-refractivity contribution in [2.75, 3.05) is 16.9 Å². The molecule has 2 N–H and O–H groups in total. The highest BCUT2D eigenvalue weighted by Crippen LogP contribution is 2.28. The van der Waals surface area contributed by atoms with Gasteiger partial charge in [-0.25, -0.2) is 9.40 Å². The van der Waals surface area contributed by atoms with E-state index in [2.05, 4.69) is 10.7 Å². The third kappa shape index (κ3) is 5.02. The lowest BCUT2D eigenvalue weighted by Gasteiger charge is -2.13. The van der Waals surface area contributed by atoms with Crippen molar-refractivity contribution in [3.8, 4) is 5.75 Å². The van der Waals surface area contributed by atoms with Crippen molar-refractivity contribution in [2.24, 2.45) is 0 Å². The highest BCUT2D eigenvalue weighted by Gasteiger charge is 2.34. The minimum Gasteiger partial charge on any atom is -0.482 e. The molecule has 1 saturated heterocycles. The van der Waals surface area contributed by atoms with Gasteiger partial charge in [-0.3, -0.25) is 19.8 Å². The summed E-state index contributed by atoms with van der Waals surface area (Å²) in [5, 5.41) is 3.75. The molecule has 0 aliphatic carbocycles. The minimum atomic E-state index is -0.559. The molecule has 1 fully saturated rings. The van der Waals surface area contributed by atoms with Gasteiger partial charge >= 0.3 is 0 Å². The Morgan fingerprint density at radius 3 is 2.52 bits per heavy atom. The maximum Gasteiger partial charge on any atom is 0.282 e. The number of hydrogen-bond donors (Lipinski definition) is 2. The van der Waals surface area contributed by atoms with Gasteiger partial charge in [0.25, 0.3) is 17.7 Å². The molecular weight excluding hydrogens is 449 g/mol. The molecule has 0 spiro atoms. The standard InChI is InChI=1S/C24H17ClFN3O4/c25-18-13-15(12-17-23(31)28-29(24(17)32)16-6-2-1-3-7-16)10-11-21(18)33-14-22(30)27-20-9-5-4-8-19(20)26/h1-13H,14H2,(H,27,30)(H,28,31)/b17-12-. The lowest BCUT2D eigenvalue weighted by atomic mass is 10.1. The molecule has 0 saturated carbocycles. The van der Waals surface area contributed by atoms with Crippen LogP contribution in [0, 0.1) is 5.82 Å². The van der Waals surface area contributed by atoms with Crippen LogP contribution in [0.4, 0.5) is 15.8 Å². The van der Waals surface area contributed by atoms with E-state index >= 15 is 0 Å². The SMILES string of the molecule is O=C(COc1ccc(/C=C2/C(=O)NN(c3ccccc3)C2=O)cc1Cl)Nc1ccccc1F. The van der Waals surface area contributed by atoms with Gasteiger partial charge in [-0.2, -0.15) is 0 Å². The molecular formula is C24H17ClFN3O4. The number of halogens is 2. The van der Waals surface area contributed by atoms with Gasteiger partial charge in [0, 0.05) is 0 Å². The van der Waals surface area contributed by atoms with Crippen LogP contribution in [0.2, 0.25) is 5.02 Å². The number of carbonyl (C=O) groups is 3. The Balaban J connectivity index is 1.43. The number of rotatable bonds is 6. The van der Waals surface area contributed by atoms with Crippen molar-refractivity contribution in [3.05, 3.63) is 94.8 Å². The van der Waals surface area contributed by atoms with E-state index in [1.165, 1.54) is 41.4 Å². The van der Waals surface area contributed by atoms with E-state index in [9.17, 15) is 18.8 Å². The predicted octanol–water partition coefficient (Wildman–Crippen LogP) is 3.96. The Morgan fingerprint density at radius 2 is 1.79 bits per heavy atom. The zero-order chi connectivity index (χ0) is 23.4. The molecule has 0 radical (unpaired) electrons. The second kappa shape index (κ2) is 9.54. The number of ether oxygens (including phenoxy) is 1. The summed E-state index contributed by atoms with van der Waals surface area (Å²) < 4.78 is 19.0. The first-order valence-electron chi connectivity index (χ1n) is 9.81. The topological polar surface area (TPSA) is 87.7 Å². The van der Waals surface area contributed by atoms with Crippen LogP contribution in [0.1, 0.15) is 5.56 Å². The van der Waals surface area contributed by atoms with Crippen molar-refractivity contribution in [3.63, 3.8) is 0 Å². The van der Waals surface area contributed by atoms with Crippen molar-refractivity contribution in [1.82, 2.24) is 5.43 Å². The van der Waals surface area contributed by atoms with Gasteiger partial charge in [0.15, 0.2) is 6.61 Å². The molecule has 1 heterocycles. The van der Waals surface area contributed by atoms with Crippen LogP contribution in [-0.4, -0.2) is 24.3 Å². The number of benzene rings is 3. The Bertz CT molecular complexity index is 1260. The maximum absolute atomic E-state index is 13.6. The van der Waals surface area contributed by atoms with E-state index in [1.807, 2.05) is 0 Å². The molecule has 33 heavy (non-hydrogen) atoms. The average molecular weight is 466 g/mol. The molecule has 166 valence electrons. The minimum absolute atomic E-state index is 0.0447. The molecule has 1 aliphatic heterocycles. The number of anilines is 2. The maximum atomic E-state index is 13.6. The molecule has 7 nitrogen and oxygen atoms in total. The van der Waals surface area contributed by atoms with Crippen molar-refractivity contribution >= 4 is 46.8 Å². The van der Waals surface area contributed by atoms with E-state index in [1.54, 1.807) is 42.5 Å². The van der Waals surface area contributed by atoms with Gasteiger partial charge in [-0.1, -0.05) is 48.0 Å². The fourth-order valence-corrected chi connectivity index (χ4v) is 3.34. The van der Waals surface area contributed by atoms with Crippen LogP contribution in [-0.2, 0) is 14.4 Å². The average Bonchev–Trinajstić information content (AvgIpc) is 3.09. The summed E-state index contributed by atoms with van der Waals surface area (Å²) in [4.78, 5) is 37.0. The summed E-state index contributed by atoms with van der Waals surface area (Å²) >= 11 is 6.24.